The van der Waals surface area contributed by atoms with Gasteiger partial charge in [0.05, 0.1) is 17.2 Å². The van der Waals surface area contributed by atoms with Crippen LogP contribution in [0.3, 0.4) is 0 Å². The first kappa shape index (κ1) is 13.1. The molecule has 2 atom stereocenters. The monoisotopic (exact) mass is 244 g/mol. The highest BCUT2D eigenvalue weighted by molar-refractivity contribution is 5.34. The van der Waals surface area contributed by atoms with Gasteiger partial charge in [-0.05, 0) is 44.4 Å². The Balaban J connectivity index is 1.95. The van der Waals surface area contributed by atoms with Crippen molar-refractivity contribution in [2.24, 2.45) is 0 Å². The molecule has 1 aromatic rings. The summed E-state index contributed by atoms with van der Waals surface area (Å²) in [5, 5.41) is 12.4. The van der Waals surface area contributed by atoms with Crippen LogP contribution in [0.1, 0.15) is 43.9 Å². The average Bonchev–Trinajstić information content (AvgIpc) is 2.83. The molecule has 0 aliphatic carbocycles. The lowest BCUT2D eigenvalue weighted by Crippen LogP contribution is -2.38. The van der Waals surface area contributed by atoms with Gasteiger partial charge in [0.2, 0.25) is 0 Å². The van der Waals surface area contributed by atoms with E-state index >= 15 is 0 Å². The van der Waals surface area contributed by atoms with E-state index in [0.717, 1.165) is 31.6 Å². The van der Waals surface area contributed by atoms with E-state index in [2.05, 4.69) is 31.3 Å². The van der Waals surface area contributed by atoms with Crippen LogP contribution in [-0.4, -0.2) is 18.8 Å². The molecule has 1 heterocycles. The summed E-state index contributed by atoms with van der Waals surface area (Å²) >= 11 is 0. The number of nitrogens with zero attached hydrogens (tertiary/aromatic N) is 1. The average molecular weight is 244 g/mol. The Kier molecular flexibility index (Phi) is 4.00. The van der Waals surface area contributed by atoms with Crippen molar-refractivity contribution in [1.82, 2.24) is 5.32 Å². The standard InChI is InChI=1S/C15H20N2O/c1-12(14-6-3-5-13(9-14)10-16)17-11-15(2)7-4-8-18-15/h3,5-6,9,12,17H,4,7-8,11H2,1-2H3. The summed E-state index contributed by atoms with van der Waals surface area (Å²) in [5.41, 5.74) is 1.83. The maximum absolute atomic E-state index is 8.90. The molecule has 1 N–H and O–H groups in total. The van der Waals surface area contributed by atoms with Crippen molar-refractivity contribution in [2.75, 3.05) is 13.2 Å². The number of hydrogen-bond acceptors (Lipinski definition) is 3. The first-order valence-electron chi connectivity index (χ1n) is 6.50. The molecule has 3 nitrogen and oxygen atoms in total. The smallest absolute Gasteiger partial charge is 0.0991 e. The van der Waals surface area contributed by atoms with Crippen molar-refractivity contribution < 1.29 is 4.74 Å². The Morgan fingerprint density at radius 2 is 2.39 bits per heavy atom. The third kappa shape index (κ3) is 3.10. The van der Waals surface area contributed by atoms with Crippen LogP contribution in [0.2, 0.25) is 0 Å². The van der Waals surface area contributed by atoms with Gasteiger partial charge < -0.3 is 10.1 Å². The molecule has 0 amide bonds. The number of ether oxygens (including phenoxy) is 1. The van der Waals surface area contributed by atoms with Gasteiger partial charge in [0.1, 0.15) is 0 Å². The van der Waals surface area contributed by atoms with Crippen molar-refractivity contribution in [1.29, 1.82) is 5.26 Å². The SMILES string of the molecule is CC(NCC1(C)CCCO1)c1cccc(C#N)c1. The third-order valence-corrected chi connectivity index (χ3v) is 3.60. The van der Waals surface area contributed by atoms with Gasteiger partial charge in [0, 0.05) is 19.2 Å². The molecule has 1 fully saturated rings. The fourth-order valence-corrected chi connectivity index (χ4v) is 2.34. The second kappa shape index (κ2) is 5.51. The van der Waals surface area contributed by atoms with Crippen molar-refractivity contribution in [3.63, 3.8) is 0 Å². The van der Waals surface area contributed by atoms with Gasteiger partial charge in [0.15, 0.2) is 0 Å². The van der Waals surface area contributed by atoms with E-state index in [1.54, 1.807) is 0 Å². The second-order valence-corrected chi connectivity index (χ2v) is 5.24. The zero-order valence-electron chi connectivity index (χ0n) is 11.1. The zero-order valence-corrected chi connectivity index (χ0v) is 11.1. The quantitative estimate of drug-likeness (QED) is 0.885. The lowest BCUT2D eigenvalue weighted by Gasteiger charge is -2.26. The molecular formula is C15H20N2O. The molecule has 2 rings (SSSR count). The second-order valence-electron chi connectivity index (χ2n) is 5.24. The highest BCUT2D eigenvalue weighted by atomic mass is 16.5. The Hall–Kier alpha value is -1.37. The van der Waals surface area contributed by atoms with Gasteiger partial charge in [-0.25, -0.2) is 0 Å². The molecule has 0 spiro atoms. The summed E-state index contributed by atoms with van der Waals surface area (Å²) in [4.78, 5) is 0. The third-order valence-electron chi connectivity index (χ3n) is 3.60. The molecule has 3 heteroatoms. The van der Waals surface area contributed by atoms with E-state index in [-0.39, 0.29) is 11.6 Å². The summed E-state index contributed by atoms with van der Waals surface area (Å²) in [6, 6.07) is 10.2. The van der Waals surface area contributed by atoms with Crippen LogP contribution in [0.15, 0.2) is 24.3 Å². The Morgan fingerprint density at radius 1 is 1.56 bits per heavy atom. The number of nitrogens with one attached hydrogen (secondary N) is 1. The molecule has 1 aliphatic rings. The van der Waals surface area contributed by atoms with Gasteiger partial charge in [-0.15, -0.1) is 0 Å². The number of benzene rings is 1. The van der Waals surface area contributed by atoms with Gasteiger partial charge in [-0.3, -0.25) is 0 Å². The fraction of sp³-hybridized carbons (Fsp3) is 0.533. The lowest BCUT2D eigenvalue weighted by atomic mass is 10.0. The largest absolute Gasteiger partial charge is 0.374 e. The van der Waals surface area contributed by atoms with E-state index in [9.17, 15) is 0 Å². The molecular weight excluding hydrogens is 224 g/mol. The van der Waals surface area contributed by atoms with Gasteiger partial charge >= 0.3 is 0 Å². The van der Waals surface area contributed by atoms with Gasteiger partial charge in [-0.2, -0.15) is 5.26 Å². The van der Waals surface area contributed by atoms with E-state index in [1.165, 1.54) is 0 Å². The summed E-state index contributed by atoms with van der Waals surface area (Å²) in [5.74, 6) is 0. The highest BCUT2D eigenvalue weighted by Crippen LogP contribution is 2.25. The lowest BCUT2D eigenvalue weighted by molar-refractivity contribution is 0.0191. The van der Waals surface area contributed by atoms with Crippen LogP contribution in [-0.2, 0) is 4.74 Å². The Labute approximate surface area is 109 Å². The van der Waals surface area contributed by atoms with E-state index in [4.69, 9.17) is 10.00 Å². The number of rotatable bonds is 4. The predicted molar refractivity (Wildman–Crippen MR) is 71.2 cm³/mol. The summed E-state index contributed by atoms with van der Waals surface area (Å²) in [6.07, 6.45) is 2.27. The van der Waals surface area contributed by atoms with E-state index in [0.29, 0.717) is 5.56 Å². The summed E-state index contributed by atoms with van der Waals surface area (Å²) < 4.78 is 5.76. The van der Waals surface area contributed by atoms with Crippen LogP contribution in [0.5, 0.6) is 0 Å². The Bertz CT molecular complexity index is 444. The summed E-state index contributed by atoms with van der Waals surface area (Å²) in [7, 11) is 0. The molecule has 2 unspecified atom stereocenters. The zero-order chi connectivity index (χ0) is 13.0. The first-order chi connectivity index (χ1) is 8.63. The van der Waals surface area contributed by atoms with Crippen molar-refractivity contribution in [3.8, 4) is 6.07 Å². The molecule has 96 valence electrons. The minimum absolute atomic E-state index is 0.0267. The first-order valence-corrected chi connectivity index (χ1v) is 6.50. The number of nitriles is 1. The fourth-order valence-electron chi connectivity index (χ4n) is 2.34. The predicted octanol–water partition coefficient (Wildman–Crippen LogP) is 2.78. The van der Waals surface area contributed by atoms with Gasteiger partial charge in [0.25, 0.3) is 0 Å². The molecule has 1 aliphatic heterocycles. The van der Waals surface area contributed by atoms with E-state index in [1.807, 2.05) is 18.2 Å². The minimum Gasteiger partial charge on any atom is -0.374 e. The molecule has 0 saturated carbocycles. The molecule has 0 bridgehead atoms. The minimum atomic E-state index is -0.0267. The maximum Gasteiger partial charge on any atom is 0.0991 e. The van der Waals surface area contributed by atoms with Crippen LogP contribution in [0.25, 0.3) is 0 Å². The topological polar surface area (TPSA) is 45.0 Å². The molecule has 0 aromatic heterocycles. The summed E-state index contributed by atoms with van der Waals surface area (Å²) in [6.45, 7) is 6.00. The van der Waals surface area contributed by atoms with Crippen LogP contribution in [0, 0.1) is 11.3 Å². The van der Waals surface area contributed by atoms with E-state index < -0.39 is 0 Å². The van der Waals surface area contributed by atoms with Crippen molar-refractivity contribution in [3.05, 3.63) is 35.4 Å². The molecule has 1 aromatic carbocycles. The molecule has 1 saturated heterocycles. The number of hydrogen-bond donors (Lipinski definition) is 1. The van der Waals surface area contributed by atoms with Crippen molar-refractivity contribution >= 4 is 0 Å². The van der Waals surface area contributed by atoms with Crippen LogP contribution < -0.4 is 5.32 Å². The Morgan fingerprint density at radius 3 is 3.06 bits per heavy atom. The highest BCUT2D eigenvalue weighted by Gasteiger charge is 2.29. The van der Waals surface area contributed by atoms with Crippen LogP contribution in [0.4, 0.5) is 0 Å². The molecule has 0 radical (unpaired) electrons. The normalized spacial score (nSPS) is 24.7. The van der Waals surface area contributed by atoms with Crippen LogP contribution >= 0.6 is 0 Å². The van der Waals surface area contributed by atoms with Crippen molar-refractivity contribution in [2.45, 2.75) is 38.3 Å². The molecule has 18 heavy (non-hydrogen) atoms. The van der Waals surface area contributed by atoms with Gasteiger partial charge in [-0.1, -0.05) is 12.1 Å². The maximum atomic E-state index is 8.90.